The largest absolute Gasteiger partial charge is 0.508 e. The van der Waals surface area contributed by atoms with Gasteiger partial charge in [-0.05, 0) is 18.6 Å². The second kappa shape index (κ2) is 7.68. The number of unbranched alkanes of at least 4 members (excludes halogenated alkanes) is 5. The molecule has 20 heavy (non-hydrogen) atoms. The molecular weight excluding hydrogens is 252 g/mol. The molecule has 0 spiro atoms. The molecule has 0 aliphatic carbocycles. The standard InChI is InChI=1S/C16H22N2O2/c1-2-3-4-5-6-7-11-15-17-16(18-20-15)13-9-8-10-14(19)12-13/h8-10,12,19H,2-7,11H2,1H3. The molecule has 1 aromatic heterocycles. The van der Waals surface area contributed by atoms with Gasteiger partial charge in [-0.15, -0.1) is 0 Å². The lowest BCUT2D eigenvalue weighted by Gasteiger charge is -1.97. The van der Waals surface area contributed by atoms with E-state index in [1.54, 1.807) is 18.2 Å². The van der Waals surface area contributed by atoms with Crippen LogP contribution in [0.15, 0.2) is 28.8 Å². The third-order valence-electron chi connectivity index (χ3n) is 3.32. The first kappa shape index (κ1) is 14.6. The molecule has 4 heteroatoms. The number of phenolic OH excluding ortho intramolecular Hbond substituents is 1. The Labute approximate surface area is 119 Å². The summed E-state index contributed by atoms with van der Waals surface area (Å²) < 4.78 is 5.24. The number of rotatable bonds is 8. The third-order valence-corrected chi connectivity index (χ3v) is 3.32. The van der Waals surface area contributed by atoms with E-state index in [1.807, 2.05) is 6.07 Å². The highest BCUT2D eigenvalue weighted by Crippen LogP contribution is 2.20. The molecule has 108 valence electrons. The smallest absolute Gasteiger partial charge is 0.226 e. The maximum Gasteiger partial charge on any atom is 0.226 e. The molecular formula is C16H22N2O2. The van der Waals surface area contributed by atoms with Gasteiger partial charge in [0.25, 0.3) is 0 Å². The zero-order valence-electron chi connectivity index (χ0n) is 12.0. The molecule has 1 aromatic carbocycles. The van der Waals surface area contributed by atoms with Crippen LogP contribution in [0.1, 0.15) is 51.3 Å². The summed E-state index contributed by atoms with van der Waals surface area (Å²) >= 11 is 0. The molecule has 0 aliphatic rings. The Morgan fingerprint density at radius 3 is 2.70 bits per heavy atom. The van der Waals surface area contributed by atoms with Crippen molar-refractivity contribution in [2.24, 2.45) is 0 Å². The van der Waals surface area contributed by atoms with Crippen LogP contribution in [-0.2, 0) is 6.42 Å². The Hall–Kier alpha value is -1.84. The maximum absolute atomic E-state index is 9.44. The molecule has 1 heterocycles. The molecule has 0 saturated carbocycles. The molecule has 0 saturated heterocycles. The molecule has 0 radical (unpaired) electrons. The number of nitrogens with zero attached hydrogens (tertiary/aromatic N) is 2. The summed E-state index contributed by atoms with van der Waals surface area (Å²) in [5.41, 5.74) is 0.781. The van der Waals surface area contributed by atoms with Crippen LogP contribution in [0, 0.1) is 0 Å². The van der Waals surface area contributed by atoms with Crippen molar-refractivity contribution in [3.8, 4) is 17.1 Å². The van der Waals surface area contributed by atoms with Crippen LogP contribution in [0.4, 0.5) is 0 Å². The summed E-state index contributed by atoms with van der Waals surface area (Å²) in [5, 5.41) is 13.4. The molecule has 4 nitrogen and oxygen atoms in total. The average Bonchev–Trinajstić information content (AvgIpc) is 2.91. The molecule has 0 unspecified atom stereocenters. The first-order valence-electron chi connectivity index (χ1n) is 7.41. The maximum atomic E-state index is 9.44. The van der Waals surface area contributed by atoms with Crippen LogP contribution in [-0.4, -0.2) is 15.2 Å². The van der Waals surface area contributed by atoms with Gasteiger partial charge in [0.2, 0.25) is 11.7 Å². The van der Waals surface area contributed by atoms with Gasteiger partial charge in [0.05, 0.1) is 0 Å². The molecule has 2 rings (SSSR count). The van der Waals surface area contributed by atoms with Gasteiger partial charge in [-0.1, -0.05) is 56.3 Å². The van der Waals surface area contributed by atoms with Crippen LogP contribution < -0.4 is 0 Å². The number of hydrogen-bond acceptors (Lipinski definition) is 4. The van der Waals surface area contributed by atoms with Crippen molar-refractivity contribution < 1.29 is 9.63 Å². The van der Waals surface area contributed by atoms with Crippen LogP contribution >= 0.6 is 0 Å². The fourth-order valence-corrected chi connectivity index (χ4v) is 2.18. The van der Waals surface area contributed by atoms with Crippen molar-refractivity contribution in [3.05, 3.63) is 30.2 Å². The lowest BCUT2D eigenvalue weighted by atomic mass is 10.1. The van der Waals surface area contributed by atoms with Crippen molar-refractivity contribution >= 4 is 0 Å². The van der Waals surface area contributed by atoms with Gasteiger partial charge in [-0.25, -0.2) is 0 Å². The van der Waals surface area contributed by atoms with Crippen LogP contribution in [0.3, 0.4) is 0 Å². The van der Waals surface area contributed by atoms with Gasteiger partial charge in [0, 0.05) is 12.0 Å². The minimum atomic E-state index is 0.213. The minimum Gasteiger partial charge on any atom is -0.508 e. The Morgan fingerprint density at radius 1 is 1.10 bits per heavy atom. The van der Waals surface area contributed by atoms with E-state index in [0.29, 0.717) is 11.7 Å². The number of phenols is 1. The first-order chi connectivity index (χ1) is 9.79. The second-order valence-electron chi connectivity index (χ2n) is 5.08. The highest BCUT2D eigenvalue weighted by atomic mass is 16.5. The normalized spacial score (nSPS) is 10.8. The van der Waals surface area contributed by atoms with E-state index in [9.17, 15) is 5.11 Å². The number of aryl methyl sites for hydroxylation is 1. The van der Waals surface area contributed by atoms with E-state index in [4.69, 9.17) is 4.52 Å². The summed E-state index contributed by atoms with van der Waals surface area (Å²) in [7, 11) is 0. The van der Waals surface area contributed by atoms with E-state index >= 15 is 0 Å². The van der Waals surface area contributed by atoms with Crippen LogP contribution in [0.25, 0.3) is 11.4 Å². The van der Waals surface area contributed by atoms with Gasteiger partial charge >= 0.3 is 0 Å². The number of benzene rings is 1. The van der Waals surface area contributed by atoms with Crippen molar-refractivity contribution in [1.82, 2.24) is 10.1 Å². The van der Waals surface area contributed by atoms with Crippen molar-refractivity contribution in [2.45, 2.75) is 51.9 Å². The summed E-state index contributed by atoms with van der Waals surface area (Å²) in [5.74, 6) is 1.44. The Kier molecular flexibility index (Phi) is 5.59. The van der Waals surface area contributed by atoms with Crippen molar-refractivity contribution in [1.29, 1.82) is 0 Å². The second-order valence-corrected chi connectivity index (χ2v) is 5.08. The van der Waals surface area contributed by atoms with E-state index in [-0.39, 0.29) is 5.75 Å². The number of aromatic nitrogens is 2. The van der Waals surface area contributed by atoms with E-state index in [2.05, 4.69) is 17.1 Å². The summed E-state index contributed by atoms with van der Waals surface area (Å²) in [4.78, 5) is 4.37. The highest BCUT2D eigenvalue weighted by molar-refractivity contribution is 5.56. The molecule has 0 aliphatic heterocycles. The zero-order chi connectivity index (χ0) is 14.2. The molecule has 0 bridgehead atoms. The molecule has 1 N–H and O–H groups in total. The van der Waals surface area contributed by atoms with Gasteiger partial charge in [-0.2, -0.15) is 4.98 Å². The fraction of sp³-hybridized carbons (Fsp3) is 0.500. The summed E-state index contributed by atoms with van der Waals surface area (Å²) in [6.45, 7) is 2.22. The summed E-state index contributed by atoms with van der Waals surface area (Å²) in [6.07, 6.45) is 8.32. The van der Waals surface area contributed by atoms with Gasteiger partial charge in [0.15, 0.2) is 0 Å². The minimum absolute atomic E-state index is 0.213. The van der Waals surface area contributed by atoms with Gasteiger partial charge < -0.3 is 9.63 Å². The Bertz CT molecular complexity index is 523. The van der Waals surface area contributed by atoms with E-state index in [1.165, 1.54) is 32.1 Å². The highest BCUT2D eigenvalue weighted by Gasteiger charge is 2.08. The Morgan fingerprint density at radius 2 is 1.90 bits per heavy atom. The first-order valence-corrected chi connectivity index (χ1v) is 7.41. The van der Waals surface area contributed by atoms with E-state index < -0.39 is 0 Å². The van der Waals surface area contributed by atoms with Crippen molar-refractivity contribution in [2.75, 3.05) is 0 Å². The summed E-state index contributed by atoms with van der Waals surface area (Å²) in [6, 6.07) is 6.90. The fourth-order valence-electron chi connectivity index (χ4n) is 2.18. The van der Waals surface area contributed by atoms with E-state index in [0.717, 1.165) is 18.4 Å². The quantitative estimate of drug-likeness (QED) is 0.727. The Balaban J connectivity index is 1.80. The SMILES string of the molecule is CCCCCCCCc1nc(-c2cccc(O)c2)no1. The van der Waals surface area contributed by atoms with Crippen LogP contribution in [0.5, 0.6) is 5.75 Å². The predicted octanol–water partition coefficient (Wildman–Crippen LogP) is 4.35. The topological polar surface area (TPSA) is 59.2 Å². The molecule has 0 atom stereocenters. The number of aromatic hydroxyl groups is 1. The zero-order valence-corrected chi connectivity index (χ0v) is 12.0. The van der Waals surface area contributed by atoms with Crippen LogP contribution in [0.2, 0.25) is 0 Å². The van der Waals surface area contributed by atoms with Gasteiger partial charge in [0.1, 0.15) is 5.75 Å². The predicted molar refractivity (Wildman–Crippen MR) is 78.5 cm³/mol. The van der Waals surface area contributed by atoms with Crippen molar-refractivity contribution in [3.63, 3.8) is 0 Å². The average molecular weight is 274 g/mol. The molecule has 0 fully saturated rings. The molecule has 2 aromatic rings. The lowest BCUT2D eigenvalue weighted by molar-refractivity contribution is 0.373. The number of hydrogen-bond donors (Lipinski definition) is 1. The molecule has 0 amide bonds. The lowest BCUT2D eigenvalue weighted by Crippen LogP contribution is -1.87. The van der Waals surface area contributed by atoms with Gasteiger partial charge in [-0.3, -0.25) is 0 Å². The third kappa shape index (κ3) is 4.37. The monoisotopic (exact) mass is 274 g/mol.